The van der Waals surface area contributed by atoms with Gasteiger partial charge in [0.25, 0.3) is 0 Å². The van der Waals surface area contributed by atoms with E-state index in [4.69, 9.17) is 16.4 Å². The number of aromatic nitrogens is 1. The molecule has 3 rings (SSSR count). The molecule has 0 aliphatic heterocycles. The van der Waals surface area contributed by atoms with E-state index in [2.05, 4.69) is 30.2 Å². The largest absolute Gasteiger partial charge is 0.402 e. The minimum absolute atomic E-state index is 0.142. The lowest BCUT2D eigenvalue weighted by atomic mass is 9.75. The third-order valence-electron chi connectivity index (χ3n) is 5.06. The minimum atomic E-state index is 0.142. The van der Waals surface area contributed by atoms with E-state index in [-0.39, 0.29) is 5.41 Å². The van der Waals surface area contributed by atoms with Crippen LogP contribution in [0.25, 0.3) is 11.1 Å². The summed E-state index contributed by atoms with van der Waals surface area (Å²) in [4.78, 5) is 15.1. The number of nitrogens with two attached hydrogens (primary N) is 1. The van der Waals surface area contributed by atoms with Crippen LogP contribution in [0, 0.1) is 22.2 Å². The van der Waals surface area contributed by atoms with Gasteiger partial charge >= 0.3 is 0 Å². The Morgan fingerprint density at radius 2 is 2.07 bits per heavy atom. The smallest absolute Gasteiger partial charge is 0.211 e. The summed E-state index contributed by atoms with van der Waals surface area (Å²) in [6, 6.07) is 9.25. The number of nitrogens with zero attached hydrogens (tertiary/aromatic N) is 2. The molecule has 6 heteroatoms. The van der Waals surface area contributed by atoms with Crippen molar-refractivity contribution in [3.05, 3.63) is 59.1 Å². The Balaban J connectivity index is 2.06. The van der Waals surface area contributed by atoms with Crippen molar-refractivity contribution in [2.75, 3.05) is 5.32 Å². The molecule has 0 radical (unpaired) electrons. The Labute approximate surface area is 164 Å². The number of rotatable bonds is 5. The molecule has 1 aliphatic carbocycles. The molecule has 6 nitrogen and oxygen atoms in total. The zero-order valence-electron chi connectivity index (χ0n) is 16.0. The molecule has 1 aliphatic rings. The lowest BCUT2D eigenvalue weighted by Gasteiger charge is -2.32. The number of carbonyl (C=O) groups excluding carboxylic acids is 1. The molecule has 142 valence electrons. The van der Waals surface area contributed by atoms with E-state index < -0.39 is 0 Å². The van der Waals surface area contributed by atoms with Crippen molar-refractivity contribution in [3.63, 3.8) is 0 Å². The van der Waals surface area contributed by atoms with Crippen molar-refractivity contribution in [1.82, 2.24) is 4.98 Å². The van der Waals surface area contributed by atoms with Gasteiger partial charge in [0, 0.05) is 34.9 Å². The molecular weight excluding hydrogens is 350 g/mol. The molecule has 2 aromatic rings. The third kappa shape index (κ3) is 4.09. The van der Waals surface area contributed by atoms with E-state index in [1.54, 1.807) is 24.4 Å². The Hall–Kier alpha value is -3.46. The van der Waals surface area contributed by atoms with Crippen molar-refractivity contribution >= 4 is 17.8 Å². The number of anilines is 1. The van der Waals surface area contributed by atoms with Crippen LogP contribution in [0.2, 0.25) is 0 Å². The molecule has 1 aromatic heterocycles. The van der Waals surface area contributed by atoms with Gasteiger partial charge in [-0.15, -0.1) is 0 Å². The van der Waals surface area contributed by atoms with Gasteiger partial charge in [-0.3, -0.25) is 15.2 Å². The highest BCUT2D eigenvalue weighted by atomic mass is 16.1. The van der Waals surface area contributed by atoms with Gasteiger partial charge in [0.15, 0.2) is 0 Å². The average molecular weight is 373 g/mol. The van der Waals surface area contributed by atoms with Crippen LogP contribution in [0.4, 0.5) is 5.69 Å². The predicted octanol–water partition coefficient (Wildman–Crippen LogP) is 3.98. The van der Waals surface area contributed by atoms with Crippen LogP contribution in [0.3, 0.4) is 0 Å². The molecule has 0 saturated carbocycles. The van der Waals surface area contributed by atoms with Gasteiger partial charge in [0.1, 0.15) is 6.07 Å². The maximum atomic E-state index is 11.0. The van der Waals surface area contributed by atoms with Gasteiger partial charge in [-0.25, -0.2) is 0 Å². The summed E-state index contributed by atoms with van der Waals surface area (Å²) in [7, 11) is 0. The van der Waals surface area contributed by atoms with Crippen LogP contribution in [0.1, 0.15) is 44.2 Å². The van der Waals surface area contributed by atoms with Gasteiger partial charge in [0.05, 0.1) is 11.3 Å². The minimum Gasteiger partial charge on any atom is -0.402 e. The second kappa shape index (κ2) is 7.65. The van der Waals surface area contributed by atoms with Crippen molar-refractivity contribution in [1.29, 1.82) is 10.7 Å². The first-order valence-corrected chi connectivity index (χ1v) is 9.10. The highest BCUT2D eigenvalue weighted by Gasteiger charge is 2.28. The van der Waals surface area contributed by atoms with Crippen LogP contribution in [-0.4, -0.2) is 17.1 Å². The Kier molecular flexibility index (Phi) is 5.27. The molecule has 1 amide bonds. The van der Waals surface area contributed by atoms with Crippen molar-refractivity contribution in [3.8, 4) is 17.2 Å². The van der Waals surface area contributed by atoms with Gasteiger partial charge in [-0.05, 0) is 60.1 Å². The quantitative estimate of drug-likeness (QED) is 0.543. The summed E-state index contributed by atoms with van der Waals surface area (Å²) in [6.45, 7) is 4.37. The molecule has 0 unspecified atom stereocenters. The second-order valence-electron chi connectivity index (χ2n) is 7.86. The lowest BCUT2D eigenvalue weighted by Crippen LogP contribution is -2.25. The lowest BCUT2D eigenvalue weighted by molar-refractivity contribution is -0.105. The molecule has 28 heavy (non-hydrogen) atoms. The predicted molar refractivity (Wildman–Crippen MR) is 110 cm³/mol. The van der Waals surface area contributed by atoms with Crippen LogP contribution in [0.15, 0.2) is 47.9 Å². The molecule has 0 spiro atoms. The number of amides is 1. The van der Waals surface area contributed by atoms with Gasteiger partial charge in [-0.1, -0.05) is 13.8 Å². The van der Waals surface area contributed by atoms with Crippen molar-refractivity contribution < 1.29 is 4.79 Å². The van der Waals surface area contributed by atoms with E-state index in [9.17, 15) is 4.79 Å². The first-order valence-electron chi connectivity index (χ1n) is 9.10. The number of hydrogen-bond donors (Lipinski definition) is 3. The van der Waals surface area contributed by atoms with E-state index in [0.717, 1.165) is 41.7 Å². The maximum Gasteiger partial charge on any atom is 0.211 e. The topological polar surface area (TPSA) is 116 Å². The Morgan fingerprint density at radius 3 is 2.75 bits per heavy atom. The second-order valence-corrected chi connectivity index (χ2v) is 7.86. The van der Waals surface area contributed by atoms with Crippen LogP contribution in [0.5, 0.6) is 0 Å². The molecule has 0 saturated heterocycles. The number of allylic oxidation sites excluding steroid dienone is 2. The van der Waals surface area contributed by atoms with Crippen molar-refractivity contribution in [2.45, 2.75) is 33.1 Å². The fourth-order valence-electron chi connectivity index (χ4n) is 3.54. The Morgan fingerprint density at radius 1 is 1.29 bits per heavy atom. The number of carbonyl (C=O) groups is 1. The zero-order chi connectivity index (χ0) is 20.3. The van der Waals surface area contributed by atoms with Gasteiger partial charge in [0.2, 0.25) is 6.41 Å². The summed E-state index contributed by atoms with van der Waals surface area (Å²) < 4.78 is 0. The highest BCUT2D eigenvalue weighted by Crippen LogP contribution is 2.38. The van der Waals surface area contributed by atoms with Gasteiger partial charge in [-0.2, -0.15) is 5.26 Å². The zero-order valence-corrected chi connectivity index (χ0v) is 16.0. The van der Waals surface area contributed by atoms with Gasteiger partial charge < -0.3 is 11.1 Å². The molecule has 1 heterocycles. The number of benzene rings is 1. The third-order valence-corrected chi connectivity index (χ3v) is 5.06. The summed E-state index contributed by atoms with van der Waals surface area (Å²) in [5.74, 6) is 0. The fourth-order valence-corrected chi connectivity index (χ4v) is 3.54. The summed E-state index contributed by atoms with van der Waals surface area (Å²) in [5, 5.41) is 20.5. The standard InChI is InChI=1S/C22H23N5O/c1-22(2)4-3-19(20(24)9-22)21(25)16-6-15(7-18(8-16)27-13-28)17-5-14(10-23)11-26-12-17/h5-8,11-13,25H,3-4,9,24H2,1-2H3,(H,27,28). The number of nitrogens with one attached hydrogen (secondary N) is 2. The molecule has 4 N–H and O–H groups in total. The Bertz CT molecular complexity index is 1010. The molecule has 0 atom stereocenters. The van der Waals surface area contributed by atoms with E-state index >= 15 is 0 Å². The number of hydrogen-bond acceptors (Lipinski definition) is 5. The monoisotopic (exact) mass is 373 g/mol. The maximum absolute atomic E-state index is 11.0. The van der Waals surface area contributed by atoms with Crippen LogP contribution < -0.4 is 11.1 Å². The van der Waals surface area contributed by atoms with E-state index in [0.29, 0.717) is 28.9 Å². The normalized spacial score (nSPS) is 15.6. The average Bonchev–Trinajstić information content (AvgIpc) is 2.67. The first kappa shape index (κ1) is 19.3. The van der Waals surface area contributed by atoms with Crippen LogP contribution in [-0.2, 0) is 4.79 Å². The number of nitriles is 1. The first-order chi connectivity index (χ1) is 13.3. The van der Waals surface area contributed by atoms with Crippen LogP contribution >= 0.6 is 0 Å². The summed E-state index contributed by atoms with van der Waals surface area (Å²) in [6.07, 6.45) is 6.24. The molecular formula is C22H23N5O. The van der Waals surface area contributed by atoms with Crippen molar-refractivity contribution in [2.24, 2.45) is 11.1 Å². The molecule has 1 aromatic carbocycles. The number of pyridine rings is 1. The van der Waals surface area contributed by atoms with E-state index in [1.807, 2.05) is 6.07 Å². The van der Waals surface area contributed by atoms with E-state index in [1.165, 1.54) is 6.20 Å². The summed E-state index contributed by atoms with van der Waals surface area (Å²) >= 11 is 0. The molecule has 0 fully saturated rings. The fraction of sp³-hybridized carbons (Fsp3) is 0.273. The molecule has 0 bridgehead atoms. The SMILES string of the molecule is CC1(C)CCC(C(=N)c2cc(NC=O)cc(-c3cncc(C#N)c3)c2)=C(N)C1. The summed E-state index contributed by atoms with van der Waals surface area (Å²) in [5.41, 5.74) is 11.6. The highest BCUT2D eigenvalue weighted by molar-refractivity contribution is 6.12.